The zero-order valence-electron chi connectivity index (χ0n) is 14.3. The second-order valence-corrected chi connectivity index (χ2v) is 6.88. The van der Waals surface area contributed by atoms with Gasteiger partial charge in [0, 0.05) is 19.0 Å². The van der Waals surface area contributed by atoms with Crippen molar-refractivity contribution in [3.8, 4) is 0 Å². The van der Waals surface area contributed by atoms with Crippen molar-refractivity contribution in [2.75, 3.05) is 20.2 Å². The van der Waals surface area contributed by atoms with Gasteiger partial charge in [-0.1, -0.05) is 12.1 Å². The molecule has 1 atom stereocenters. The highest BCUT2D eigenvalue weighted by molar-refractivity contribution is 5.89. The molecule has 1 aromatic carbocycles. The third kappa shape index (κ3) is 4.71. The number of hydrogen-bond donors (Lipinski definition) is 0. The first-order valence-electron chi connectivity index (χ1n) is 7.96. The van der Waals surface area contributed by atoms with Crippen molar-refractivity contribution >= 4 is 12.1 Å². The van der Waals surface area contributed by atoms with Crippen molar-refractivity contribution < 1.29 is 19.1 Å². The lowest BCUT2D eigenvalue weighted by Gasteiger charge is -2.34. The van der Waals surface area contributed by atoms with Crippen LogP contribution in [0.25, 0.3) is 0 Å². The molecule has 126 valence electrons. The number of amides is 1. The summed E-state index contributed by atoms with van der Waals surface area (Å²) in [6, 6.07) is 7.42. The highest BCUT2D eigenvalue weighted by atomic mass is 16.6. The van der Waals surface area contributed by atoms with Crippen LogP contribution in [0.3, 0.4) is 0 Å². The largest absolute Gasteiger partial charge is 0.465 e. The zero-order valence-corrected chi connectivity index (χ0v) is 14.3. The van der Waals surface area contributed by atoms with Crippen LogP contribution in [0.4, 0.5) is 4.79 Å². The van der Waals surface area contributed by atoms with Gasteiger partial charge in [0.05, 0.1) is 12.7 Å². The van der Waals surface area contributed by atoms with E-state index in [4.69, 9.17) is 9.47 Å². The second-order valence-electron chi connectivity index (χ2n) is 6.88. The maximum absolute atomic E-state index is 12.2. The van der Waals surface area contributed by atoms with E-state index in [9.17, 15) is 9.59 Å². The molecule has 0 aliphatic carbocycles. The van der Waals surface area contributed by atoms with E-state index in [0.29, 0.717) is 12.1 Å². The minimum Gasteiger partial charge on any atom is -0.465 e. The average Bonchev–Trinajstić information content (AvgIpc) is 2.53. The van der Waals surface area contributed by atoms with Gasteiger partial charge in [0.2, 0.25) is 0 Å². The molecule has 0 N–H and O–H groups in total. The molecular formula is C18H25NO4. The highest BCUT2D eigenvalue weighted by Gasteiger charge is 2.28. The van der Waals surface area contributed by atoms with Crippen LogP contribution in [0.2, 0.25) is 0 Å². The number of ether oxygens (including phenoxy) is 2. The van der Waals surface area contributed by atoms with Crippen molar-refractivity contribution in [1.82, 2.24) is 4.90 Å². The van der Waals surface area contributed by atoms with E-state index in [1.54, 1.807) is 17.0 Å². The fourth-order valence-corrected chi connectivity index (χ4v) is 2.75. The SMILES string of the molecule is COC(=O)c1ccc(C2CCCN(C(=O)OC(C)(C)C)C2)cc1. The predicted molar refractivity (Wildman–Crippen MR) is 87.6 cm³/mol. The molecule has 1 heterocycles. The molecule has 1 aliphatic rings. The fourth-order valence-electron chi connectivity index (χ4n) is 2.75. The van der Waals surface area contributed by atoms with Crippen molar-refractivity contribution in [1.29, 1.82) is 0 Å². The van der Waals surface area contributed by atoms with Crippen LogP contribution in [0.1, 0.15) is 55.5 Å². The van der Waals surface area contributed by atoms with Crippen LogP contribution in [0.5, 0.6) is 0 Å². The maximum atomic E-state index is 12.2. The number of methoxy groups -OCH3 is 1. The van der Waals surface area contributed by atoms with Crippen molar-refractivity contribution in [3.05, 3.63) is 35.4 Å². The highest BCUT2D eigenvalue weighted by Crippen LogP contribution is 2.28. The summed E-state index contributed by atoms with van der Waals surface area (Å²) in [5, 5.41) is 0. The number of nitrogens with zero attached hydrogens (tertiary/aromatic N) is 1. The Morgan fingerprint density at radius 3 is 2.39 bits per heavy atom. The Balaban J connectivity index is 2.03. The summed E-state index contributed by atoms with van der Waals surface area (Å²) >= 11 is 0. The number of carbonyl (C=O) groups excluding carboxylic acids is 2. The van der Waals surface area contributed by atoms with Gasteiger partial charge in [0.1, 0.15) is 5.60 Å². The van der Waals surface area contributed by atoms with E-state index in [1.165, 1.54) is 7.11 Å². The summed E-state index contributed by atoms with van der Waals surface area (Å²) in [5.41, 5.74) is 1.19. The van der Waals surface area contributed by atoms with Crippen molar-refractivity contribution in [3.63, 3.8) is 0 Å². The molecule has 2 rings (SSSR count). The topological polar surface area (TPSA) is 55.8 Å². The van der Waals surface area contributed by atoms with E-state index < -0.39 is 5.60 Å². The number of esters is 1. The van der Waals surface area contributed by atoms with E-state index in [0.717, 1.165) is 24.9 Å². The molecule has 1 saturated heterocycles. The van der Waals surface area contributed by atoms with E-state index in [2.05, 4.69) is 0 Å². The number of likely N-dealkylation sites (tertiary alicyclic amines) is 1. The Labute approximate surface area is 137 Å². The van der Waals surface area contributed by atoms with Crippen LogP contribution in [-0.4, -0.2) is 42.8 Å². The molecule has 0 radical (unpaired) electrons. The number of carbonyl (C=O) groups is 2. The van der Waals surface area contributed by atoms with Gasteiger partial charge in [-0.3, -0.25) is 0 Å². The number of rotatable bonds is 2. The van der Waals surface area contributed by atoms with Gasteiger partial charge in [-0.05, 0) is 51.3 Å². The van der Waals surface area contributed by atoms with Gasteiger partial charge in [0.15, 0.2) is 0 Å². The van der Waals surface area contributed by atoms with Gasteiger partial charge in [0.25, 0.3) is 0 Å². The van der Waals surface area contributed by atoms with E-state index >= 15 is 0 Å². The van der Waals surface area contributed by atoms with Crippen molar-refractivity contribution in [2.45, 2.75) is 45.1 Å². The zero-order chi connectivity index (χ0) is 17.0. The van der Waals surface area contributed by atoms with Gasteiger partial charge in [-0.2, -0.15) is 0 Å². The molecule has 0 bridgehead atoms. The molecule has 1 amide bonds. The Morgan fingerprint density at radius 1 is 1.17 bits per heavy atom. The second kappa shape index (κ2) is 7.02. The first kappa shape index (κ1) is 17.3. The summed E-state index contributed by atoms with van der Waals surface area (Å²) in [5.74, 6) is -0.0708. The lowest BCUT2D eigenvalue weighted by Crippen LogP contribution is -2.42. The van der Waals surface area contributed by atoms with Crippen LogP contribution >= 0.6 is 0 Å². The predicted octanol–water partition coefficient (Wildman–Crippen LogP) is 3.59. The number of hydrogen-bond acceptors (Lipinski definition) is 4. The van der Waals surface area contributed by atoms with E-state index in [1.807, 2.05) is 32.9 Å². The van der Waals surface area contributed by atoms with E-state index in [-0.39, 0.29) is 18.0 Å². The molecular weight excluding hydrogens is 294 g/mol. The minimum absolute atomic E-state index is 0.256. The van der Waals surface area contributed by atoms with Crippen LogP contribution in [0, 0.1) is 0 Å². The van der Waals surface area contributed by atoms with Crippen LogP contribution in [0.15, 0.2) is 24.3 Å². The lowest BCUT2D eigenvalue weighted by atomic mass is 9.90. The molecule has 0 aromatic heterocycles. The molecule has 23 heavy (non-hydrogen) atoms. The summed E-state index contributed by atoms with van der Waals surface area (Å²) < 4.78 is 10.2. The van der Waals surface area contributed by atoms with Gasteiger partial charge >= 0.3 is 12.1 Å². The summed E-state index contributed by atoms with van der Waals surface area (Å²) in [4.78, 5) is 25.5. The summed E-state index contributed by atoms with van der Waals surface area (Å²) in [7, 11) is 1.37. The third-order valence-electron chi connectivity index (χ3n) is 3.88. The van der Waals surface area contributed by atoms with Crippen molar-refractivity contribution in [2.24, 2.45) is 0 Å². The molecule has 1 aromatic rings. The number of piperidine rings is 1. The fraction of sp³-hybridized carbons (Fsp3) is 0.556. The standard InChI is InChI=1S/C18H25NO4/c1-18(2,3)23-17(21)19-11-5-6-15(12-19)13-7-9-14(10-8-13)16(20)22-4/h7-10,15H,5-6,11-12H2,1-4H3. The normalized spacial score (nSPS) is 18.4. The average molecular weight is 319 g/mol. The third-order valence-corrected chi connectivity index (χ3v) is 3.88. The van der Waals surface area contributed by atoms with Gasteiger partial charge in [-0.15, -0.1) is 0 Å². The quantitative estimate of drug-likeness (QED) is 0.782. The Kier molecular flexibility index (Phi) is 5.29. The molecule has 0 saturated carbocycles. The first-order chi connectivity index (χ1) is 10.8. The molecule has 0 spiro atoms. The van der Waals surface area contributed by atoms with Gasteiger partial charge < -0.3 is 14.4 Å². The van der Waals surface area contributed by atoms with Gasteiger partial charge in [-0.25, -0.2) is 9.59 Å². The summed E-state index contributed by atoms with van der Waals surface area (Å²) in [6.45, 7) is 6.99. The Morgan fingerprint density at radius 2 is 1.83 bits per heavy atom. The minimum atomic E-state index is -0.480. The lowest BCUT2D eigenvalue weighted by molar-refractivity contribution is 0.0198. The number of benzene rings is 1. The molecule has 1 fully saturated rings. The van der Waals surface area contributed by atoms with Crippen LogP contribution in [-0.2, 0) is 9.47 Å². The molecule has 1 aliphatic heterocycles. The maximum Gasteiger partial charge on any atom is 0.410 e. The van der Waals surface area contributed by atoms with Crippen LogP contribution < -0.4 is 0 Å². The molecule has 5 nitrogen and oxygen atoms in total. The molecule has 1 unspecified atom stereocenters. The summed E-state index contributed by atoms with van der Waals surface area (Å²) in [6.07, 6.45) is 1.72. The monoisotopic (exact) mass is 319 g/mol. The molecule has 5 heteroatoms. The first-order valence-corrected chi connectivity index (χ1v) is 7.96. The Hall–Kier alpha value is -2.04. The smallest absolute Gasteiger partial charge is 0.410 e. The Bertz CT molecular complexity index is 559.